The van der Waals surface area contributed by atoms with Crippen LogP contribution in [0, 0.1) is 11.8 Å². The summed E-state index contributed by atoms with van der Waals surface area (Å²) in [5, 5.41) is 48.5. The highest BCUT2D eigenvalue weighted by atomic mass is 16.7. The molecule has 0 bridgehead atoms. The van der Waals surface area contributed by atoms with Crippen molar-refractivity contribution >= 4 is 58.2 Å². The van der Waals surface area contributed by atoms with Crippen LogP contribution in [0.3, 0.4) is 0 Å². The number of cyclic esters (lactones) is 1. The maximum atomic E-state index is 14.9. The molecule has 5 heterocycles. The first-order valence-corrected chi connectivity index (χ1v) is 34.5. The number of amides is 3. The standard InChI is InChI=1S/C71H100N6O25/c1-10-71(51-39-53-58-49(40-77(53)64(84)50(51)41-98-68(71)88)46(47-13-11-12-14-52(47)74-58)17-20-76(43(4)5)69(89)102-70(7,8)9)101-66(87)48-16-15-45(38-55(48)99-67-61(82)59(80)60(81)62(100-67)65(85)86)73-63(83)44(6)37-54(78)57(42(2)3)75-56(79)18-21-90-23-25-92-27-29-94-31-33-96-35-36-97-34-32-95-30-28-93-26-24-91-22-19-72/h11-16,38-39,42-44,57,59-62,67,80-82H,10,17-37,40-41,72H2,1-9H3,(H,73,83)(H,75,79)(H,85,86)/t44-,57+,59+,60+,61-,62?,67?,71+/m1/s1. The molecule has 1 saturated heterocycles. The van der Waals surface area contributed by atoms with Crippen molar-refractivity contribution in [2.75, 3.05) is 124 Å². The van der Waals surface area contributed by atoms with Gasteiger partial charge in [-0.3, -0.25) is 19.2 Å². The minimum atomic E-state index is -2.32. The fourth-order valence-corrected chi connectivity index (χ4v) is 11.6. The molecule has 102 heavy (non-hydrogen) atoms. The number of carboxylic acid groups (broad SMARTS) is 1. The zero-order valence-corrected chi connectivity index (χ0v) is 59.6. The molecule has 0 radical (unpaired) electrons. The van der Waals surface area contributed by atoms with Gasteiger partial charge in [-0.25, -0.2) is 24.2 Å². The van der Waals surface area contributed by atoms with Gasteiger partial charge in [-0.1, -0.05) is 45.9 Å². The second-order valence-electron chi connectivity index (χ2n) is 26.3. The third kappa shape index (κ3) is 22.2. The molecule has 2 aromatic carbocycles. The summed E-state index contributed by atoms with van der Waals surface area (Å²) in [4.78, 5) is 117. The topological polar surface area (TPSA) is 409 Å². The van der Waals surface area contributed by atoms with Crippen molar-refractivity contribution in [3.8, 4) is 17.1 Å². The van der Waals surface area contributed by atoms with Crippen LogP contribution in [0.4, 0.5) is 10.5 Å². The van der Waals surface area contributed by atoms with Crippen molar-refractivity contribution in [3.63, 3.8) is 0 Å². The van der Waals surface area contributed by atoms with E-state index in [1.165, 1.54) is 24.5 Å². The average molecular weight is 1440 g/mol. The first-order chi connectivity index (χ1) is 48.7. The maximum absolute atomic E-state index is 14.9. The van der Waals surface area contributed by atoms with Crippen LogP contribution in [-0.2, 0) is 106 Å². The lowest BCUT2D eigenvalue weighted by molar-refractivity contribution is -0.271. The molecular formula is C71H100N6O25. The molecule has 2 unspecified atom stereocenters. The molecule has 31 nitrogen and oxygen atoms in total. The number of aliphatic hydroxyl groups is 3. The van der Waals surface area contributed by atoms with Crippen molar-refractivity contribution in [2.24, 2.45) is 17.6 Å². The number of pyridine rings is 2. The van der Waals surface area contributed by atoms with E-state index in [0.717, 1.165) is 23.1 Å². The number of nitrogens with zero attached hydrogens (tertiary/aromatic N) is 3. The normalized spacial score (nSPS) is 19.2. The molecule has 8 N–H and O–H groups in total. The van der Waals surface area contributed by atoms with Gasteiger partial charge in [0, 0.05) is 66.2 Å². The van der Waals surface area contributed by atoms with Crippen LogP contribution >= 0.6 is 0 Å². The molecule has 0 saturated carbocycles. The van der Waals surface area contributed by atoms with Crippen LogP contribution in [0.25, 0.3) is 22.3 Å². The number of anilines is 1. The number of carboxylic acids is 1. The Morgan fingerprint density at radius 2 is 1.33 bits per heavy atom. The number of benzene rings is 2. The molecule has 31 heteroatoms. The predicted octanol–water partition coefficient (Wildman–Crippen LogP) is 3.56. The van der Waals surface area contributed by atoms with Crippen LogP contribution in [-0.4, -0.2) is 244 Å². The first kappa shape index (κ1) is 81.7. The van der Waals surface area contributed by atoms with Gasteiger partial charge in [-0.2, -0.15) is 0 Å². The summed E-state index contributed by atoms with van der Waals surface area (Å²) >= 11 is 0. The molecule has 4 aromatic rings. The number of para-hydroxylation sites is 1. The van der Waals surface area contributed by atoms with Gasteiger partial charge in [0.05, 0.1) is 141 Å². The number of aliphatic hydroxyl groups excluding tert-OH is 3. The van der Waals surface area contributed by atoms with Crippen molar-refractivity contribution in [2.45, 2.75) is 155 Å². The van der Waals surface area contributed by atoms with Crippen molar-refractivity contribution in [3.05, 3.63) is 86.7 Å². The molecule has 564 valence electrons. The molecule has 3 aliphatic heterocycles. The Bertz CT molecular complexity index is 3540. The number of hydrogen-bond acceptors (Lipinski definition) is 26. The molecule has 3 aliphatic rings. The number of rotatable bonds is 43. The van der Waals surface area contributed by atoms with E-state index >= 15 is 0 Å². The molecule has 0 spiro atoms. The van der Waals surface area contributed by atoms with E-state index in [0.29, 0.717) is 121 Å². The number of esters is 2. The Labute approximate surface area is 592 Å². The number of carbonyl (C=O) groups is 7. The fraction of sp³-hybridized carbons (Fsp3) is 0.620. The number of aliphatic carboxylic acids is 1. The monoisotopic (exact) mass is 1440 g/mol. The van der Waals surface area contributed by atoms with Crippen LogP contribution in [0.1, 0.15) is 114 Å². The lowest BCUT2D eigenvalue weighted by Crippen LogP contribution is -2.61. The van der Waals surface area contributed by atoms with Gasteiger partial charge < -0.3 is 108 Å². The lowest BCUT2D eigenvalue weighted by atomic mass is 9.85. The number of aromatic nitrogens is 2. The van der Waals surface area contributed by atoms with E-state index in [2.05, 4.69) is 10.6 Å². The van der Waals surface area contributed by atoms with E-state index < -0.39 is 125 Å². The number of Topliss-reactive ketones (excluding diaryl/α,β-unsaturated/α-hetero) is 1. The Kier molecular flexibility index (Phi) is 31.5. The van der Waals surface area contributed by atoms with E-state index in [4.69, 9.17) is 72.3 Å². The summed E-state index contributed by atoms with van der Waals surface area (Å²) in [6.07, 6.45) is -11.6. The largest absolute Gasteiger partial charge is 0.479 e. The summed E-state index contributed by atoms with van der Waals surface area (Å²) in [6.45, 7) is 21.9. The highest BCUT2D eigenvalue weighted by molar-refractivity contribution is 6.00. The molecule has 2 aromatic heterocycles. The first-order valence-electron chi connectivity index (χ1n) is 34.5. The van der Waals surface area contributed by atoms with Gasteiger partial charge >= 0.3 is 24.0 Å². The summed E-state index contributed by atoms with van der Waals surface area (Å²) in [5.74, 6) is -7.72. The zero-order chi connectivity index (χ0) is 74.3. The average Bonchev–Trinajstić information content (AvgIpc) is 1.48. The van der Waals surface area contributed by atoms with Crippen LogP contribution < -0.4 is 26.7 Å². The van der Waals surface area contributed by atoms with Crippen LogP contribution in [0.2, 0.25) is 0 Å². The summed E-state index contributed by atoms with van der Waals surface area (Å²) in [5.41, 5.74) is 3.92. The van der Waals surface area contributed by atoms with Gasteiger partial charge in [-0.05, 0) is 83.2 Å². The smallest absolute Gasteiger partial charge is 0.410 e. The number of hydrogen-bond donors (Lipinski definition) is 7. The molecule has 1 fully saturated rings. The second-order valence-corrected chi connectivity index (χ2v) is 26.3. The van der Waals surface area contributed by atoms with Crippen LogP contribution in [0.15, 0.2) is 53.3 Å². The summed E-state index contributed by atoms with van der Waals surface area (Å²) < 4.78 is 74.2. The molecular weight excluding hydrogens is 1340 g/mol. The van der Waals surface area contributed by atoms with E-state index in [-0.39, 0.29) is 75.0 Å². The van der Waals surface area contributed by atoms with Gasteiger partial charge in [0.25, 0.3) is 5.56 Å². The van der Waals surface area contributed by atoms with E-state index in [1.807, 2.05) is 38.1 Å². The Balaban J connectivity index is 0.958. The van der Waals surface area contributed by atoms with Gasteiger partial charge in [0.1, 0.15) is 41.8 Å². The SMILES string of the molecule is CC[C@@]1(OC(=O)c2ccc(NC(=O)[C@H](C)CC(=O)[C@@H](NC(=O)CCOCCOCCOCCOCCOCCOCCOCCOCCN)C(C)C)cc2OC2OC(C(=O)O)[C@@H](O)[C@H](O)[C@H]2O)C(=O)OCc2c1cc1n(c2=O)Cc2c-1nc1ccccc1c2CCN(C(=O)OC(C)(C)C)C(C)C. The summed E-state index contributed by atoms with van der Waals surface area (Å²) in [7, 11) is 0. The molecule has 0 aliphatic carbocycles. The third-order valence-electron chi connectivity index (χ3n) is 17.0. The fourth-order valence-electron chi connectivity index (χ4n) is 11.6. The number of ether oxygens (including phenoxy) is 13. The maximum Gasteiger partial charge on any atom is 0.410 e. The van der Waals surface area contributed by atoms with Crippen LogP contribution in [0.5, 0.6) is 5.75 Å². The van der Waals surface area contributed by atoms with Gasteiger partial charge in [0.15, 0.2) is 11.9 Å². The van der Waals surface area contributed by atoms with Crippen molar-refractivity contribution in [1.29, 1.82) is 0 Å². The Hall–Kier alpha value is -7.63. The minimum absolute atomic E-state index is 0.00298. The zero-order valence-electron chi connectivity index (χ0n) is 59.6. The third-order valence-corrected chi connectivity index (χ3v) is 17.0. The number of fused-ring (bicyclic) bond motifs is 5. The predicted molar refractivity (Wildman–Crippen MR) is 365 cm³/mol. The quantitative estimate of drug-likeness (QED) is 0.0167. The molecule has 8 atom stereocenters. The second kappa shape index (κ2) is 39.3. The van der Waals surface area contributed by atoms with Crippen molar-refractivity contribution < 1.29 is 116 Å². The highest BCUT2D eigenvalue weighted by Crippen LogP contribution is 2.43. The highest BCUT2D eigenvalue weighted by Gasteiger charge is 2.52. The molecule has 3 amide bonds. The summed E-state index contributed by atoms with van der Waals surface area (Å²) in [6, 6.07) is 11.2. The van der Waals surface area contributed by atoms with Gasteiger partial charge in [-0.15, -0.1) is 0 Å². The van der Waals surface area contributed by atoms with Crippen molar-refractivity contribution in [1.82, 2.24) is 19.8 Å². The van der Waals surface area contributed by atoms with E-state index in [9.17, 15) is 58.8 Å². The Morgan fingerprint density at radius 3 is 1.88 bits per heavy atom. The van der Waals surface area contributed by atoms with Gasteiger partial charge in [0.2, 0.25) is 23.7 Å². The number of ketones is 1. The minimum Gasteiger partial charge on any atom is -0.479 e. The number of carbonyl (C=O) groups excluding carboxylic acids is 6. The van der Waals surface area contributed by atoms with E-state index in [1.54, 1.807) is 45.6 Å². The lowest BCUT2D eigenvalue weighted by Gasteiger charge is -2.38. The Morgan fingerprint density at radius 1 is 0.755 bits per heavy atom. The number of nitrogens with one attached hydrogen (secondary N) is 2. The molecule has 7 rings (SSSR count). The number of nitrogens with two attached hydrogens (primary N) is 1.